The second-order valence-electron chi connectivity index (χ2n) is 8.21. The summed E-state index contributed by atoms with van der Waals surface area (Å²) in [7, 11) is -1.80. The Bertz CT molecular complexity index is 1050. The monoisotopic (exact) mass is 480 g/mol. The Hall–Kier alpha value is -2.29. The van der Waals surface area contributed by atoms with Gasteiger partial charge in [0.25, 0.3) is 5.91 Å². The van der Waals surface area contributed by atoms with E-state index < -0.39 is 15.6 Å². The summed E-state index contributed by atoms with van der Waals surface area (Å²) in [4.78, 5) is 12.5. The fraction of sp³-hybridized carbons (Fsp3) is 0.435. The van der Waals surface area contributed by atoms with Crippen LogP contribution in [0.2, 0.25) is 5.02 Å². The predicted octanol–water partition coefficient (Wildman–Crippen LogP) is 3.40. The van der Waals surface area contributed by atoms with Crippen LogP contribution in [0, 0.1) is 0 Å². The molecule has 0 spiro atoms. The molecule has 0 radical (unpaired) electrons. The van der Waals surface area contributed by atoms with Gasteiger partial charge in [-0.2, -0.15) is 4.31 Å². The maximum absolute atomic E-state index is 12.8. The van der Waals surface area contributed by atoms with Gasteiger partial charge in [0.2, 0.25) is 10.0 Å². The van der Waals surface area contributed by atoms with Crippen LogP contribution in [0.4, 0.5) is 0 Å². The highest BCUT2D eigenvalue weighted by molar-refractivity contribution is 7.89. The van der Waals surface area contributed by atoms with E-state index in [2.05, 4.69) is 5.32 Å². The van der Waals surface area contributed by atoms with Gasteiger partial charge in [-0.1, -0.05) is 17.7 Å². The van der Waals surface area contributed by atoms with Crippen LogP contribution in [-0.2, 0) is 27.8 Å². The minimum atomic E-state index is -3.42. The second kappa shape index (κ2) is 10.1. The molecular weight excluding hydrogens is 452 g/mol. The molecule has 0 unspecified atom stereocenters. The van der Waals surface area contributed by atoms with Gasteiger partial charge >= 0.3 is 0 Å². The molecule has 0 aliphatic carbocycles. The first kappa shape index (κ1) is 24.4. The third-order valence-electron chi connectivity index (χ3n) is 5.38. The maximum atomic E-state index is 12.8. The number of fused-ring (bicyclic) bond motifs is 1. The first-order valence-corrected chi connectivity index (χ1v) is 12.5. The van der Waals surface area contributed by atoms with E-state index in [9.17, 15) is 13.2 Å². The molecule has 0 atom stereocenters. The average molecular weight is 481 g/mol. The van der Waals surface area contributed by atoms with Gasteiger partial charge in [-0.05, 0) is 74.2 Å². The Kier molecular flexibility index (Phi) is 7.69. The second-order valence-corrected chi connectivity index (χ2v) is 10.7. The Balaban J connectivity index is 1.47. The lowest BCUT2D eigenvalue weighted by atomic mass is 10.0. The van der Waals surface area contributed by atoms with Gasteiger partial charge in [0.1, 0.15) is 11.5 Å². The number of methoxy groups -OCH3 is 1. The quantitative estimate of drug-likeness (QED) is 0.556. The van der Waals surface area contributed by atoms with Crippen molar-refractivity contribution in [3.05, 3.63) is 58.6 Å². The Morgan fingerprint density at radius 3 is 2.50 bits per heavy atom. The smallest absolute Gasteiger partial charge is 0.263 e. The summed E-state index contributed by atoms with van der Waals surface area (Å²) >= 11 is 5.87. The molecule has 2 aromatic rings. The number of hydrogen-bond acceptors (Lipinski definition) is 5. The number of halogens is 1. The van der Waals surface area contributed by atoms with Crippen molar-refractivity contribution in [3.8, 4) is 11.5 Å². The molecule has 1 aliphatic heterocycles. The van der Waals surface area contributed by atoms with Gasteiger partial charge in [0.05, 0.1) is 12.9 Å². The van der Waals surface area contributed by atoms with Crippen molar-refractivity contribution in [1.82, 2.24) is 9.62 Å². The highest BCUT2D eigenvalue weighted by atomic mass is 35.5. The van der Waals surface area contributed by atoms with Gasteiger partial charge in [0.15, 0.2) is 5.60 Å². The molecule has 0 saturated heterocycles. The van der Waals surface area contributed by atoms with E-state index in [0.29, 0.717) is 36.7 Å². The fourth-order valence-electron chi connectivity index (χ4n) is 3.51. The molecule has 9 heteroatoms. The zero-order chi connectivity index (χ0) is 23.4. The number of rotatable bonds is 9. The van der Waals surface area contributed by atoms with Crippen LogP contribution in [0.15, 0.2) is 42.5 Å². The number of ether oxygens (including phenoxy) is 2. The summed E-state index contributed by atoms with van der Waals surface area (Å²) in [5.41, 5.74) is 1.01. The lowest BCUT2D eigenvalue weighted by molar-refractivity contribution is -0.134. The van der Waals surface area contributed by atoms with Crippen molar-refractivity contribution >= 4 is 27.5 Å². The van der Waals surface area contributed by atoms with E-state index in [0.717, 1.165) is 16.9 Å². The van der Waals surface area contributed by atoms with Crippen molar-refractivity contribution in [3.63, 3.8) is 0 Å². The summed E-state index contributed by atoms with van der Waals surface area (Å²) in [6, 6.07) is 12.5. The molecule has 7 nitrogen and oxygen atoms in total. The maximum Gasteiger partial charge on any atom is 0.263 e. The molecule has 1 N–H and O–H groups in total. The zero-order valence-electron chi connectivity index (χ0n) is 18.6. The standard InChI is InChI=1S/C23H29ClN2O5S/c1-23(2,31-20-9-6-19(24)7-10-20)22(27)25-12-4-14-32(28,29)26-13-11-17-15-21(30-3)8-5-18(17)16-26/h5-10,15H,4,11-14,16H2,1-3H3,(H,25,27). The minimum Gasteiger partial charge on any atom is -0.497 e. The molecule has 0 aromatic heterocycles. The van der Waals surface area contributed by atoms with Gasteiger partial charge < -0.3 is 14.8 Å². The van der Waals surface area contributed by atoms with Crippen LogP contribution in [0.5, 0.6) is 11.5 Å². The highest BCUT2D eigenvalue weighted by Crippen LogP contribution is 2.25. The third-order valence-corrected chi connectivity index (χ3v) is 7.54. The van der Waals surface area contributed by atoms with E-state index >= 15 is 0 Å². The molecule has 0 bridgehead atoms. The van der Waals surface area contributed by atoms with E-state index in [1.54, 1.807) is 45.2 Å². The number of nitrogens with one attached hydrogen (secondary N) is 1. The van der Waals surface area contributed by atoms with Crippen molar-refractivity contribution in [2.24, 2.45) is 0 Å². The fourth-order valence-corrected chi connectivity index (χ4v) is 5.11. The van der Waals surface area contributed by atoms with Crippen molar-refractivity contribution in [2.75, 3.05) is 26.0 Å². The normalized spacial score (nSPS) is 14.5. The number of carbonyl (C=O) groups excluding carboxylic acids is 1. The molecule has 0 saturated carbocycles. The Labute approximate surface area is 194 Å². The molecule has 1 amide bonds. The predicted molar refractivity (Wildman–Crippen MR) is 125 cm³/mol. The molecule has 1 heterocycles. The van der Waals surface area contributed by atoms with Crippen LogP contribution in [0.25, 0.3) is 0 Å². The van der Waals surface area contributed by atoms with E-state index in [1.807, 2.05) is 18.2 Å². The van der Waals surface area contributed by atoms with E-state index in [4.69, 9.17) is 21.1 Å². The van der Waals surface area contributed by atoms with Crippen LogP contribution in [0.1, 0.15) is 31.4 Å². The lowest BCUT2D eigenvalue weighted by Crippen LogP contribution is -2.47. The summed E-state index contributed by atoms with van der Waals surface area (Å²) < 4.78 is 38.1. The van der Waals surface area contributed by atoms with Crippen molar-refractivity contribution in [1.29, 1.82) is 0 Å². The average Bonchev–Trinajstić information content (AvgIpc) is 2.77. The molecule has 0 fully saturated rings. The molecule has 3 rings (SSSR count). The number of carbonyl (C=O) groups is 1. The first-order chi connectivity index (χ1) is 15.1. The molecular formula is C23H29ClN2O5S. The summed E-state index contributed by atoms with van der Waals surface area (Å²) in [6.45, 7) is 4.36. The Morgan fingerprint density at radius 2 is 1.81 bits per heavy atom. The van der Waals surface area contributed by atoms with Gasteiger partial charge in [-0.25, -0.2) is 8.42 Å². The van der Waals surface area contributed by atoms with Gasteiger partial charge in [-0.15, -0.1) is 0 Å². The molecule has 174 valence electrons. The Morgan fingerprint density at radius 1 is 1.12 bits per heavy atom. The summed E-state index contributed by atoms with van der Waals surface area (Å²) in [6.07, 6.45) is 0.968. The number of nitrogens with zero attached hydrogens (tertiary/aromatic N) is 1. The van der Waals surface area contributed by atoms with Crippen LogP contribution >= 0.6 is 11.6 Å². The van der Waals surface area contributed by atoms with Crippen molar-refractivity contribution in [2.45, 2.75) is 38.8 Å². The summed E-state index contributed by atoms with van der Waals surface area (Å²) in [5.74, 6) is 0.960. The van der Waals surface area contributed by atoms with Crippen LogP contribution in [-0.4, -0.2) is 50.2 Å². The molecule has 32 heavy (non-hydrogen) atoms. The first-order valence-electron chi connectivity index (χ1n) is 10.5. The molecule has 2 aromatic carbocycles. The zero-order valence-corrected chi connectivity index (χ0v) is 20.1. The number of benzene rings is 2. The van der Waals surface area contributed by atoms with Crippen LogP contribution < -0.4 is 14.8 Å². The van der Waals surface area contributed by atoms with Crippen LogP contribution in [0.3, 0.4) is 0 Å². The van der Waals surface area contributed by atoms with Gasteiger partial charge in [0, 0.05) is 24.7 Å². The molecule has 1 aliphatic rings. The lowest BCUT2D eigenvalue weighted by Gasteiger charge is -2.28. The number of sulfonamides is 1. The van der Waals surface area contributed by atoms with Gasteiger partial charge in [-0.3, -0.25) is 4.79 Å². The topological polar surface area (TPSA) is 84.9 Å². The van der Waals surface area contributed by atoms with Crippen molar-refractivity contribution < 1.29 is 22.7 Å². The number of amides is 1. The minimum absolute atomic E-state index is 0.0305. The third kappa shape index (κ3) is 6.15. The van der Waals surface area contributed by atoms with E-state index in [-0.39, 0.29) is 18.2 Å². The highest BCUT2D eigenvalue weighted by Gasteiger charge is 2.30. The van der Waals surface area contributed by atoms with E-state index in [1.165, 1.54) is 4.31 Å². The largest absolute Gasteiger partial charge is 0.497 e. The number of hydrogen-bond donors (Lipinski definition) is 1. The SMILES string of the molecule is COc1ccc2c(c1)CCN(S(=O)(=O)CCCNC(=O)C(C)(C)Oc1ccc(Cl)cc1)C2. The summed E-state index contributed by atoms with van der Waals surface area (Å²) in [5, 5.41) is 3.35.